The maximum Gasteiger partial charge on any atom is 0.405 e. The van der Waals surface area contributed by atoms with Crippen molar-refractivity contribution in [3.05, 3.63) is 0 Å². The molecule has 0 saturated heterocycles. The minimum absolute atomic E-state index is 0. The smallest absolute Gasteiger partial charge is 0.346 e. The zero-order valence-electron chi connectivity index (χ0n) is 8.13. The highest BCUT2D eigenvalue weighted by molar-refractivity contribution is 7.98. The fraction of sp³-hybridized carbons (Fsp3) is 0.857. The first-order valence-corrected chi connectivity index (χ1v) is 5.35. The molecule has 92 valence electrons. The molecule has 0 bridgehead atoms. The molecule has 3 nitrogen and oxygen atoms in total. The van der Waals surface area contributed by atoms with Crippen molar-refractivity contribution in [2.75, 3.05) is 18.6 Å². The summed E-state index contributed by atoms with van der Waals surface area (Å²) in [6.45, 7) is -1.32. The summed E-state index contributed by atoms with van der Waals surface area (Å²) in [6, 6.07) is -0.857. The van der Waals surface area contributed by atoms with Crippen molar-refractivity contribution < 1.29 is 18.0 Å². The molecule has 0 aromatic carbocycles. The monoisotopic (exact) mass is 266 g/mol. The first-order valence-electron chi connectivity index (χ1n) is 3.96. The highest BCUT2D eigenvalue weighted by Crippen LogP contribution is 2.12. The van der Waals surface area contributed by atoms with E-state index in [9.17, 15) is 18.0 Å². The molecule has 8 heteroatoms. The van der Waals surface area contributed by atoms with E-state index in [1.54, 1.807) is 5.32 Å². The quantitative estimate of drug-likeness (QED) is 0.785. The van der Waals surface area contributed by atoms with Crippen LogP contribution in [-0.4, -0.2) is 36.7 Å². The Balaban J connectivity index is 0. The first kappa shape index (κ1) is 17.3. The SMILES string of the molecule is CSCC[C@H](N)C(=O)NCC(F)(F)F.Cl. The summed E-state index contributed by atoms with van der Waals surface area (Å²) in [7, 11) is 0. The van der Waals surface area contributed by atoms with Crippen molar-refractivity contribution in [2.45, 2.75) is 18.6 Å². The Kier molecular flexibility index (Phi) is 9.28. The van der Waals surface area contributed by atoms with Gasteiger partial charge in [-0.1, -0.05) is 0 Å². The number of carbonyl (C=O) groups excluding carboxylic acids is 1. The number of rotatable bonds is 5. The van der Waals surface area contributed by atoms with E-state index in [4.69, 9.17) is 5.73 Å². The van der Waals surface area contributed by atoms with Gasteiger partial charge in [-0.05, 0) is 18.4 Å². The molecule has 3 N–H and O–H groups in total. The second kappa shape index (κ2) is 8.06. The summed E-state index contributed by atoms with van der Waals surface area (Å²) in [5, 5.41) is 1.73. The summed E-state index contributed by atoms with van der Waals surface area (Å²) in [5.41, 5.74) is 5.34. The Morgan fingerprint density at radius 1 is 1.53 bits per heavy atom. The topological polar surface area (TPSA) is 55.1 Å². The molecule has 0 saturated carbocycles. The van der Waals surface area contributed by atoms with E-state index in [1.807, 2.05) is 6.26 Å². The van der Waals surface area contributed by atoms with Crippen LogP contribution in [0.3, 0.4) is 0 Å². The second-order valence-corrected chi connectivity index (χ2v) is 3.71. The number of hydrogen-bond donors (Lipinski definition) is 2. The Hall–Kier alpha value is -0.140. The Labute approximate surface area is 96.8 Å². The first-order chi connectivity index (χ1) is 6.37. The normalized spacial score (nSPS) is 12.9. The Morgan fingerprint density at radius 3 is 2.47 bits per heavy atom. The summed E-state index contributed by atoms with van der Waals surface area (Å²) in [6.07, 6.45) is -2.17. The molecule has 0 unspecified atom stereocenters. The fourth-order valence-electron chi connectivity index (χ4n) is 0.694. The van der Waals surface area contributed by atoms with Crippen molar-refractivity contribution in [1.29, 1.82) is 0 Å². The van der Waals surface area contributed by atoms with Crippen molar-refractivity contribution in [3.63, 3.8) is 0 Å². The van der Waals surface area contributed by atoms with Crippen LogP contribution in [0.25, 0.3) is 0 Å². The number of nitrogens with one attached hydrogen (secondary N) is 1. The lowest BCUT2D eigenvalue weighted by Gasteiger charge is -2.12. The van der Waals surface area contributed by atoms with Crippen molar-refractivity contribution in [2.24, 2.45) is 5.73 Å². The zero-order valence-corrected chi connectivity index (χ0v) is 9.77. The number of alkyl halides is 3. The van der Waals surface area contributed by atoms with E-state index in [2.05, 4.69) is 0 Å². The number of hydrogen-bond acceptors (Lipinski definition) is 3. The third kappa shape index (κ3) is 10.1. The zero-order chi connectivity index (χ0) is 11.2. The molecule has 0 radical (unpaired) electrons. The van der Waals surface area contributed by atoms with Crippen LogP contribution in [0.5, 0.6) is 0 Å². The number of thioether (sulfide) groups is 1. The molecule has 1 atom stereocenters. The van der Waals surface area contributed by atoms with E-state index in [-0.39, 0.29) is 12.4 Å². The molecule has 1 amide bonds. The molecule has 0 spiro atoms. The van der Waals surface area contributed by atoms with Gasteiger partial charge in [-0.2, -0.15) is 24.9 Å². The van der Waals surface area contributed by atoms with E-state index in [0.29, 0.717) is 12.2 Å². The molecule has 0 aliphatic carbocycles. The van der Waals surface area contributed by atoms with Gasteiger partial charge >= 0.3 is 6.18 Å². The summed E-state index contributed by atoms with van der Waals surface area (Å²) >= 11 is 1.49. The molecule has 0 fully saturated rings. The average molecular weight is 267 g/mol. The van der Waals surface area contributed by atoms with E-state index in [0.717, 1.165) is 0 Å². The van der Waals surface area contributed by atoms with Crippen LogP contribution in [0.1, 0.15) is 6.42 Å². The van der Waals surface area contributed by atoms with Gasteiger partial charge in [0.05, 0.1) is 6.04 Å². The molecule has 0 aliphatic heterocycles. The Bertz CT molecular complexity index is 192. The molecule has 0 heterocycles. The van der Waals surface area contributed by atoms with Crippen LogP contribution in [-0.2, 0) is 4.79 Å². The molecule has 0 aromatic heterocycles. The van der Waals surface area contributed by atoms with Gasteiger partial charge in [0.1, 0.15) is 6.54 Å². The number of carbonyl (C=O) groups is 1. The van der Waals surface area contributed by atoms with E-state index < -0.39 is 24.7 Å². The third-order valence-corrected chi connectivity index (χ3v) is 2.08. The van der Waals surface area contributed by atoms with Gasteiger partial charge in [0, 0.05) is 0 Å². The van der Waals surface area contributed by atoms with Crippen molar-refractivity contribution in [3.8, 4) is 0 Å². The maximum atomic E-state index is 11.7. The van der Waals surface area contributed by atoms with Crippen LogP contribution in [0.15, 0.2) is 0 Å². The molecular formula is C7H14ClF3N2OS. The largest absolute Gasteiger partial charge is 0.405 e. The number of amides is 1. The lowest BCUT2D eigenvalue weighted by molar-refractivity contribution is -0.139. The van der Waals surface area contributed by atoms with Gasteiger partial charge < -0.3 is 11.1 Å². The standard InChI is InChI=1S/C7H13F3N2OS.ClH/c1-14-3-2-5(11)6(13)12-4-7(8,9)10;/h5H,2-4,11H2,1H3,(H,12,13);1H/t5-;/m0./s1. The van der Waals surface area contributed by atoms with Crippen molar-refractivity contribution in [1.82, 2.24) is 5.32 Å². The average Bonchev–Trinajstić information content (AvgIpc) is 2.09. The molecule has 0 rings (SSSR count). The van der Waals surface area contributed by atoms with Crippen LogP contribution in [0.4, 0.5) is 13.2 Å². The maximum absolute atomic E-state index is 11.7. The Morgan fingerprint density at radius 2 is 2.07 bits per heavy atom. The molecule has 15 heavy (non-hydrogen) atoms. The van der Waals surface area contributed by atoms with Gasteiger partial charge in [0.15, 0.2) is 0 Å². The van der Waals surface area contributed by atoms with Crippen LogP contribution in [0.2, 0.25) is 0 Å². The summed E-state index contributed by atoms with van der Waals surface area (Å²) in [5.74, 6) is -0.1000. The van der Waals surface area contributed by atoms with E-state index >= 15 is 0 Å². The number of halogens is 4. The number of nitrogens with two attached hydrogens (primary N) is 1. The predicted molar refractivity (Wildman–Crippen MR) is 57.3 cm³/mol. The summed E-state index contributed by atoms with van der Waals surface area (Å²) in [4.78, 5) is 11.0. The lowest BCUT2D eigenvalue weighted by Crippen LogP contribution is -2.44. The molecular weight excluding hydrogens is 253 g/mol. The van der Waals surface area contributed by atoms with Gasteiger partial charge in [0.2, 0.25) is 5.91 Å². The summed E-state index contributed by atoms with van der Waals surface area (Å²) < 4.78 is 35.0. The van der Waals surface area contributed by atoms with Crippen LogP contribution < -0.4 is 11.1 Å². The van der Waals surface area contributed by atoms with Gasteiger partial charge in [-0.15, -0.1) is 12.4 Å². The lowest BCUT2D eigenvalue weighted by atomic mass is 10.2. The molecule has 0 aromatic rings. The van der Waals surface area contributed by atoms with Crippen molar-refractivity contribution >= 4 is 30.1 Å². The third-order valence-electron chi connectivity index (χ3n) is 1.43. The van der Waals surface area contributed by atoms with E-state index in [1.165, 1.54) is 11.8 Å². The highest BCUT2D eigenvalue weighted by atomic mass is 35.5. The second-order valence-electron chi connectivity index (χ2n) is 2.72. The minimum atomic E-state index is -4.38. The predicted octanol–water partition coefficient (Wildman–Crippen LogP) is 1.17. The van der Waals surface area contributed by atoms with Gasteiger partial charge in [0.25, 0.3) is 0 Å². The van der Waals surface area contributed by atoms with Gasteiger partial charge in [-0.3, -0.25) is 4.79 Å². The minimum Gasteiger partial charge on any atom is -0.346 e. The molecule has 0 aliphatic rings. The van der Waals surface area contributed by atoms with Crippen LogP contribution >= 0.6 is 24.2 Å². The fourth-order valence-corrected chi connectivity index (χ4v) is 1.18. The van der Waals surface area contributed by atoms with Crippen LogP contribution in [0, 0.1) is 0 Å². The highest BCUT2D eigenvalue weighted by Gasteiger charge is 2.28. The van der Waals surface area contributed by atoms with Gasteiger partial charge in [-0.25, -0.2) is 0 Å².